The Morgan fingerprint density at radius 3 is 2.86 bits per heavy atom. The highest BCUT2D eigenvalue weighted by atomic mass is 16.5. The molecule has 14 heavy (non-hydrogen) atoms. The number of hydrogen-bond acceptors (Lipinski definition) is 5. The van der Waals surface area contributed by atoms with Gasteiger partial charge in [0.1, 0.15) is 12.0 Å². The topological polar surface area (TPSA) is 71.9 Å². The van der Waals surface area contributed by atoms with Crippen LogP contribution < -0.4 is 0 Å². The number of aromatic nitrogens is 2. The first-order chi connectivity index (χ1) is 6.66. The number of hydrogen-bond donors (Lipinski definition) is 0. The third kappa shape index (κ3) is 1.91. The molecule has 1 atom stereocenters. The third-order valence-corrected chi connectivity index (χ3v) is 2.30. The highest BCUT2D eigenvalue weighted by Crippen LogP contribution is 2.25. The zero-order valence-corrected chi connectivity index (χ0v) is 8.57. The van der Waals surface area contributed by atoms with Gasteiger partial charge in [-0.3, -0.25) is 0 Å². The van der Waals surface area contributed by atoms with Crippen molar-refractivity contribution in [2.75, 3.05) is 7.11 Å². The Morgan fingerprint density at radius 2 is 2.36 bits per heavy atom. The number of ether oxygens (including phenoxy) is 1. The average molecular weight is 195 g/mol. The minimum Gasteiger partial charge on any atom is -0.370 e. The highest BCUT2D eigenvalue weighted by molar-refractivity contribution is 5.01. The molecule has 0 N–H and O–H groups in total. The molecule has 0 fully saturated rings. The van der Waals surface area contributed by atoms with E-state index in [2.05, 4.69) is 10.1 Å². The second-order valence-electron chi connectivity index (χ2n) is 3.14. The van der Waals surface area contributed by atoms with Gasteiger partial charge in [-0.1, -0.05) is 12.1 Å². The summed E-state index contributed by atoms with van der Waals surface area (Å²) < 4.78 is 10.2. The molecule has 0 radical (unpaired) electrons. The van der Waals surface area contributed by atoms with Gasteiger partial charge in [-0.15, -0.1) is 0 Å². The van der Waals surface area contributed by atoms with E-state index in [4.69, 9.17) is 14.5 Å². The molecule has 1 unspecified atom stereocenters. The Labute approximate surface area is 82.7 Å². The molecule has 1 aromatic rings. The largest absolute Gasteiger partial charge is 0.370 e. The predicted molar refractivity (Wildman–Crippen MR) is 48.3 cm³/mol. The van der Waals surface area contributed by atoms with E-state index in [1.54, 1.807) is 7.11 Å². The molecule has 0 amide bonds. The summed E-state index contributed by atoms with van der Waals surface area (Å²) in [4.78, 5) is 4.09. The summed E-state index contributed by atoms with van der Waals surface area (Å²) in [5, 5.41) is 12.2. The summed E-state index contributed by atoms with van der Waals surface area (Å²) in [5.41, 5.74) is -0.531. The predicted octanol–water partition coefficient (Wildman–Crippen LogP) is 1.41. The minimum atomic E-state index is -0.531. The van der Waals surface area contributed by atoms with Crippen molar-refractivity contribution >= 4 is 0 Å². The molecular formula is C9H13N3O2. The minimum absolute atomic E-state index is 0.135. The van der Waals surface area contributed by atoms with Crippen molar-refractivity contribution in [2.24, 2.45) is 0 Å². The third-order valence-electron chi connectivity index (χ3n) is 2.30. The van der Waals surface area contributed by atoms with E-state index in [0.29, 0.717) is 11.7 Å². The fourth-order valence-corrected chi connectivity index (χ4v) is 1.00. The fourth-order valence-electron chi connectivity index (χ4n) is 1.00. The first-order valence-corrected chi connectivity index (χ1v) is 4.41. The van der Waals surface area contributed by atoms with E-state index in [9.17, 15) is 0 Å². The fraction of sp³-hybridized carbons (Fsp3) is 0.667. The molecule has 0 bridgehead atoms. The van der Waals surface area contributed by atoms with Gasteiger partial charge in [0.2, 0.25) is 11.7 Å². The SMILES string of the molecule is CCC(C)(OC)c1noc(CC#N)n1. The van der Waals surface area contributed by atoms with Gasteiger partial charge in [0.15, 0.2) is 0 Å². The van der Waals surface area contributed by atoms with E-state index < -0.39 is 5.60 Å². The summed E-state index contributed by atoms with van der Waals surface area (Å²) in [7, 11) is 1.60. The molecule has 5 heteroatoms. The number of nitrogens with zero attached hydrogens (tertiary/aromatic N) is 3. The second kappa shape index (κ2) is 4.20. The Balaban J connectivity index is 2.90. The number of rotatable bonds is 4. The van der Waals surface area contributed by atoms with Crippen LogP contribution in [-0.2, 0) is 16.8 Å². The molecule has 0 spiro atoms. The molecule has 0 aliphatic carbocycles. The van der Waals surface area contributed by atoms with Crippen LogP contribution in [-0.4, -0.2) is 17.3 Å². The van der Waals surface area contributed by atoms with Crippen LogP contribution in [0, 0.1) is 11.3 Å². The lowest BCUT2D eigenvalue weighted by Crippen LogP contribution is -2.24. The molecule has 0 saturated heterocycles. The second-order valence-corrected chi connectivity index (χ2v) is 3.14. The lowest BCUT2D eigenvalue weighted by atomic mass is 10.0. The lowest BCUT2D eigenvalue weighted by Gasteiger charge is -2.21. The van der Waals surface area contributed by atoms with Crippen LogP contribution in [0.3, 0.4) is 0 Å². The van der Waals surface area contributed by atoms with Crippen LogP contribution in [0.4, 0.5) is 0 Å². The summed E-state index contributed by atoms with van der Waals surface area (Å²) in [6.45, 7) is 3.86. The van der Waals surface area contributed by atoms with E-state index in [1.165, 1.54) is 0 Å². The van der Waals surface area contributed by atoms with Crippen LogP contribution in [0.1, 0.15) is 32.0 Å². The van der Waals surface area contributed by atoms with Crippen LogP contribution in [0.15, 0.2) is 4.52 Å². The van der Waals surface area contributed by atoms with Crippen LogP contribution in [0.5, 0.6) is 0 Å². The summed E-state index contributed by atoms with van der Waals surface area (Å²) in [6.07, 6.45) is 0.880. The van der Waals surface area contributed by atoms with Crippen LogP contribution in [0.25, 0.3) is 0 Å². The molecule has 0 aliphatic rings. The quantitative estimate of drug-likeness (QED) is 0.726. The van der Waals surface area contributed by atoms with Gasteiger partial charge in [0, 0.05) is 7.11 Å². The highest BCUT2D eigenvalue weighted by Gasteiger charge is 2.29. The van der Waals surface area contributed by atoms with E-state index >= 15 is 0 Å². The average Bonchev–Trinajstić information content (AvgIpc) is 2.66. The van der Waals surface area contributed by atoms with Crippen molar-refractivity contribution in [2.45, 2.75) is 32.3 Å². The van der Waals surface area contributed by atoms with Crippen molar-refractivity contribution in [1.82, 2.24) is 10.1 Å². The van der Waals surface area contributed by atoms with Crippen LogP contribution in [0.2, 0.25) is 0 Å². The van der Waals surface area contributed by atoms with Gasteiger partial charge < -0.3 is 9.26 Å². The molecule has 0 aromatic carbocycles. The van der Waals surface area contributed by atoms with Crippen molar-refractivity contribution in [1.29, 1.82) is 5.26 Å². The Hall–Kier alpha value is -1.41. The molecular weight excluding hydrogens is 182 g/mol. The monoisotopic (exact) mass is 195 g/mol. The summed E-state index contributed by atoms with van der Waals surface area (Å²) in [5.74, 6) is 0.826. The van der Waals surface area contributed by atoms with Gasteiger partial charge in [0.05, 0.1) is 6.07 Å². The standard InChI is InChI=1S/C9H13N3O2/c1-4-9(2,13-3)8-11-7(5-6-10)14-12-8/h4-5H2,1-3H3. The van der Waals surface area contributed by atoms with Gasteiger partial charge in [-0.05, 0) is 13.3 Å². The van der Waals surface area contributed by atoms with Gasteiger partial charge in [-0.25, -0.2) is 0 Å². The number of methoxy groups -OCH3 is 1. The zero-order valence-electron chi connectivity index (χ0n) is 8.57. The molecule has 0 saturated carbocycles. The zero-order chi connectivity index (χ0) is 10.6. The van der Waals surface area contributed by atoms with Crippen molar-refractivity contribution in [3.05, 3.63) is 11.7 Å². The lowest BCUT2D eigenvalue weighted by molar-refractivity contribution is -0.0106. The van der Waals surface area contributed by atoms with Crippen molar-refractivity contribution in [3.8, 4) is 6.07 Å². The van der Waals surface area contributed by atoms with E-state index in [-0.39, 0.29) is 6.42 Å². The Bertz CT molecular complexity index is 336. The van der Waals surface area contributed by atoms with E-state index in [1.807, 2.05) is 19.9 Å². The molecule has 1 heterocycles. The maximum absolute atomic E-state index is 8.44. The van der Waals surface area contributed by atoms with Crippen LogP contribution >= 0.6 is 0 Å². The smallest absolute Gasteiger partial charge is 0.240 e. The summed E-state index contributed by atoms with van der Waals surface area (Å²) in [6, 6.07) is 1.95. The molecule has 1 rings (SSSR count). The molecule has 5 nitrogen and oxygen atoms in total. The summed E-state index contributed by atoms with van der Waals surface area (Å²) >= 11 is 0. The first kappa shape index (κ1) is 10.7. The van der Waals surface area contributed by atoms with E-state index in [0.717, 1.165) is 6.42 Å². The molecule has 0 aliphatic heterocycles. The Morgan fingerprint density at radius 1 is 1.64 bits per heavy atom. The molecule has 1 aromatic heterocycles. The maximum atomic E-state index is 8.44. The van der Waals surface area contributed by atoms with Gasteiger partial charge >= 0.3 is 0 Å². The van der Waals surface area contributed by atoms with Crippen molar-refractivity contribution in [3.63, 3.8) is 0 Å². The van der Waals surface area contributed by atoms with Gasteiger partial charge in [-0.2, -0.15) is 10.2 Å². The normalized spacial score (nSPS) is 14.7. The maximum Gasteiger partial charge on any atom is 0.240 e. The Kier molecular flexibility index (Phi) is 3.20. The molecule has 76 valence electrons. The number of nitriles is 1. The first-order valence-electron chi connectivity index (χ1n) is 4.41. The van der Waals surface area contributed by atoms with Gasteiger partial charge in [0.25, 0.3) is 0 Å². The van der Waals surface area contributed by atoms with Crippen molar-refractivity contribution < 1.29 is 9.26 Å².